The molecule has 5 heteroatoms. The van der Waals surface area contributed by atoms with E-state index in [4.69, 9.17) is 4.74 Å². The number of aryl methyl sites for hydroxylation is 2. The Morgan fingerprint density at radius 2 is 1.83 bits per heavy atom. The first-order valence-electron chi connectivity index (χ1n) is 8.82. The highest BCUT2D eigenvalue weighted by Gasteiger charge is 2.45. The number of amides is 2. The van der Waals surface area contributed by atoms with Crippen molar-refractivity contribution in [3.05, 3.63) is 29.3 Å². The number of morpholine rings is 1. The maximum absolute atomic E-state index is 13.0. The topological polar surface area (TPSA) is 49.9 Å². The first kappa shape index (κ1) is 15.6. The first-order chi connectivity index (χ1) is 11.5. The number of fused-ring (bicyclic) bond motifs is 2. The summed E-state index contributed by atoms with van der Waals surface area (Å²) < 4.78 is 5.56. The highest BCUT2D eigenvalue weighted by Crippen LogP contribution is 2.33. The molecule has 3 aliphatic rings. The Hall–Kier alpha value is -1.88. The van der Waals surface area contributed by atoms with E-state index in [1.54, 1.807) is 4.90 Å². The monoisotopic (exact) mass is 328 g/mol. The number of ether oxygens (including phenoxy) is 1. The Balaban J connectivity index is 1.51. The summed E-state index contributed by atoms with van der Waals surface area (Å²) in [5.74, 6) is -0.0250. The molecule has 1 aromatic carbocycles. The summed E-state index contributed by atoms with van der Waals surface area (Å²) in [5, 5.41) is 0. The molecule has 1 aromatic rings. The van der Waals surface area contributed by atoms with Gasteiger partial charge in [0.1, 0.15) is 0 Å². The summed E-state index contributed by atoms with van der Waals surface area (Å²) >= 11 is 0. The summed E-state index contributed by atoms with van der Waals surface area (Å²) in [5.41, 5.74) is 3.28. The highest BCUT2D eigenvalue weighted by atomic mass is 16.5. The van der Waals surface area contributed by atoms with Gasteiger partial charge in [0.15, 0.2) is 0 Å². The van der Waals surface area contributed by atoms with E-state index in [0.717, 1.165) is 18.5 Å². The van der Waals surface area contributed by atoms with Crippen LogP contribution in [0.3, 0.4) is 0 Å². The molecular formula is C19H24N2O3. The molecule has 128 valence electrons. The van der Waals surface area contributed by atoms with Crippen LogP contribution in [-0.4, -0.2) is 48.6 Å². The molecule has 0 aliphatic carbocycles. The summed E-state index contributed by atoms with van der Waals surface area (Å²) in [6, 6.07) is 6.48. The molecule has 0 aromatic heterocycles. The van der Waals surface area contributed by atoms with Crippen molar-refractivity contribution in [3.63, 3.8) is 0 Å². The minimum absolute atomic E-state index is 0.0530. The van der Waals surface area contributed by atoms with Gasteiger partial charge in [-0.2, -0.15) is 0 Å². The molecule has 3 aliphatic heterocycles. The molecule has 4 rings (SSSR count). The number of benzene rings is 1. The van der Waals surface area contributed by atoms with Crippen LogP contribution in [0.15, 0.2) is 18.2 Å². The van der Waals surface area contributed by atoms with Gasteiger partial charge in [-0.25, -0.2) is 0 Å². The smallest absolute Gasteiger partial charge is 0.228 e. The predicted octanol–water partition coefficient (Wildman–Crippen LogP) is 2.05. The van der Waals surface area contributed by atoms with Crippen LogP contribution in [0, 0.1) is 19.8 Å². The first-order valence-corrected chi connectivity index (χ1v) is 8.82. The number of carbonyl (C=O) groups excluding carboxylic acids is 2. The number of hydrogen-bond acceptors (Lipinski definition) is 3. The van der Waals surface area contributed by atoms with Gasteiger partial charge in [-0.15, -0.1) is 0 Å². The highest BCUT2D eigenvalue weighted by molar-refractivity contribution is 6.00. The van der Waals surface area contributed by atoms with Gasteiger partial charge < -0.3 is 14.5 Å². The van der Waals surface area contributed by atoms with E-state index in [-0.39, 0.29) is 29.8 Å². The Labute approximate surface area is 142 Å². The van der Waals surface area contributed by atoms with Gasteiger partial charge in [0.25, 0.3) is 0 Å². The van der Waals surface area contributed by atoms with Crippen LogP contribution in [0.4, 0.5) is 5.69 Å². The van der Waals surface area contributed by atoms with Crippen molar-refractivity contribution in [2.24, 2.45) is 5.92 Å². The van der Waals surface area contributed by atoms with E-state index in [1.165, 1.54) is 11.1 Å². The van der Waals surface area contributed by atoms with Crippen molar-refractivity contribution >= 4 is 17.5 Å². The molecule has 0 radical (unpaired) electrons. The van der Waals surface area contributed by atoms with Gasteiger partial charge in [0.2, 0.25) is 11.8 Å². The second kappa shape index (κ2) is 5.88. The third-order valence-corrected chi connectivity index (χ3v) is 5.77. The Morgan fingerprint density at radius 3 is 2.50 bits per heavy atom. The Kier molecular flexibility index (Phi) is 3.83. The van der Waals surface area contributed by atoms with E-state index in [0.29, 0.717) is 26.2 Å². The summed E-state index contributed by atoms with van der Waals surface area (Å²) in [4.78, 5) is 29.3. The lowest BCUT2D eigenvalue weighted by atomic mass is 10.1. The van der Waals surface area contributed by atoms with Crippen LogP contribution in [0.2, 0.25) is 0 Å². The fourth-order valence-corrected chi connectivity index (χ4v) is 4.22. The van der Waals surface area contributed by atoms with E-state index in [1.807, 2.05) is 30.0 Å². The largest absolute Gasteiger partial charge is 0.377 e. The molecule has 0 saturated carbocycles. The molecule has 3 heterocycles. The number of hydrogen-bond donors (Lipinski definition) is 0. The zero-order chi connectivity index (χ0) is 16.8. The minimum atomic E-state index is -0.222. The van der Waals surface area contributed by atoms with Gasteiger partial charge >= 0.3 is 0 Å². The van der Waals surface area contributed by atoms with Crippen molar-refractivity contribution in [2.45, 2.75) is 45.2 Å². The van der Waals surface area contributed by atoms with Gasteiger partial charge in [-0.05, 0) is 49.9 Å². The maximum Gasteiger partial charge on any atom is 0.228 e. The molecule has 2 amide bonds. The molecule has 3 fully saturated rings. The van der Waals surface area contributed by atoms with Gasteiger partial charge in [0, 0.05) is 18.7 Å². The average molecular weight is 328 g/mol. The summed E-state index contributed by atoms with van der Waals surface area (Å²) in [6.07, 6.45) is 2.37. The van der Waals surface area contributed by atoms with Crippen molar-refractivity contribution in [1.82, 2.24) is 4.90 Å². The second-order valence-corrected chi connectivity index (χ2v) is 7.34. The maximum atomic E-state index is 13.0. The number of rotatable bonds is 2. The zero-order valence-electron chi connectivity index (χ0n) is 14.3. The fraction of sp³-hybridized carbons (Fsp3) is 0.579. The number of anilines is 1. The number of carbonyl (C=O) groups is 2. The van der Waals surface area contributed by atoms with Crippen molar-refractivity contribution < 1.29 is 14.3 Å². The third kappa shape index (κ3) is 2.51. The SMILES string of the molecule is Cc1ccc(N2C[C@H](C(=O)N3[C@@H]4CC[C@H]3COC4)CC2=O)cc1C. The van der Waals surface area contributed by atoms with Crippen LogP contribution in [0.5, 0.6) is 0 Å². The second-order valence-electron chi connectivity index (χ2n) is 7.34. The van der Waals surface area contributed by atoms with Crippen molar-refractivity contribution in [3.8, 4) is 0 Å². The van der Waals surface area contributed by atoms with E-state index >= 15 is 0 Å². The van der Waals surface area contributed by atoms with Crippen molar-refractivity contribution in [1.29, 1.82) is 0 Å². The predicted molar refractivity (Wildman–Crippen MR) is 90.9 cm³/mol. The molecule has 5 nitrogen and oxygen atoms in total. The van der Waals surface area contributed by atoms with Gasteiger partial charge in [0.05, 0.1) is 31.2 Å². The van der Waals surface area contributed by atoms with E-state index in [9.17, 15) is 9.59 Å². The standard InChI is InChI=1S/C19H24N2O3/c1-12-3-4-15(7-13(12)2)20-9-14(8-18(20)22)19(23)21-16-5-6-17(21)11-24-10-16/h3-4,7,14,16-17H,5-6,8-11H2,1-2H3/t14-,16-,17+/m1/s1. The van der Waals surface area contributed by atoms with Gasteiger partial charge in [-0.3, -0.25) is 9.59 Å². The lowest BCUT2D eigenvalue weighted by Crippen LogP contribution is -2.51. The van der Waals surface area contributed by atoms with Crippen LogP contribution < -0.4 is 4.90 Å². The summed E-state index contributed by atoms with van der Waals surface area (Å²) in [7, 11) is 0. The molecular weight excluding hydrogens is 304 g/mol. The quantitative estimate of drug-likeness (QED) is 0.835. The van der Waals surface area contributed by atoms with E-state index in [2.05, 4.69) is 6.92 Å². The lowest BCUT2D eigenvalue weighted by molar-refractivity contribution is -0.145. The van der Waals surface area contributed by atoms with Crippen LogP contribution in [-0.2, 0) is 14.3 Å². The molecule has 3 atom stereocenters. The van der Waals surface area contributed by atoms with E-state index < -0.39 is 0 Å². The van der Waals surface area contributed by atoms with Crippen LogP contribution >= 0.6 is 0 Å². The Bertz CT molecular complexity index is 671. The zero-order valence-corrected chi connectivity index (χ0v) is 14.3. The fourth-order valence-electron chi connectivity index (χ4n) is 4.22. The molecule has 0 unspecified atom stereocenters. The van der Waals surface area contributed by atoms with Crippen molar-refractivity contribution in [2.75, 3.05) is 24.7 Å². The summed E-state index contributed by atoms with van der Waals surface area (Å²) in [6.45, 7) is 5.89. The number of nitrogens with zero attached hydrogens (tertiary/aromatic N) is 2. The van der Waals surface area contributed by atoms with Crippen LogP contribution in [0.25, 0.3) is 0 Å². The molecule has 24 heavy (non-hydrogen) atoms. The van der Waals surface area contributed by atoms with Crippen LogP contribution in [0.1, 0.15) is 30.4 Å². The molecule has 0 N–H and O–H groups in total. The third-order valence-electron chi connectivity index (χ3n) is 5.77. The normalized spacial score (nSPS) is 29.4. The van der Waals surface area contributed by atoms with Gasteiger partial charge in [-0.1, -0.05) is 6.07 Å². The Morgan fingerprint density at radius 1 is 1.12 bits per heavy atom. The molecule has 3 saturated heterocycles. The lowest BCUT2D eigenvalue weighted by Gasteiger charge is -2.36. The molecule has 0 spiro atoms. The minimum Gasteiger partial charge on any atom is -0.377 e. The average Bonchev–Trinajstić information content (AvgIpc) is 3.07. The molecule has 2 bridgehead atoms.